The summed E-state index contributed by atoms with van der Waals surface area (Å²) in [5.74, 6) is 1.20. The number of nitriles is 1. The fourth-order valence-corrected chi connectivity index (χ4v) is 8.32. The zero-order chi connectivity index (χ0) is 29.2. The van der Waals surface area contributed by atoms with Gasteiger partial charge in [-0.3, -0.25) is 10.1 Å². The number of hydrogen-bond acceptors (Lipinski definition) is 10. The molecule has 4 aromatic rings. The van der Waals surface area contributed by atoms with Crippen molar-refractivity contribution in [1.82, 2.24) is 29.8 Å². The number of rotatable bonds is 5. The molecule has 2 aliphatic carbocycles. The minimum absolute atomic E-state index is 0.139. The van der Waals surface area contributed by atoms with Crippen molar-refractivity contribution in [2.24, 2.45) is 0 Å². The van der Waals surface area contributed by atoms with Gasteiger partial charge in [0.2, 0.25) is 0 Å². The van der Waals surface area contributed by atoms with Crippen molar-refractivity contribution in [2.45, 2.75) is 80.8 Å². The Balaban J connectivity index is 1.38. The van der Waals surface area contributed by atoms with Gasteiger partial charge in [0.1, 0.15) is 16.7 Å². The third kappa shape index (κ3) is 3.90. The highest BCUT2D eigenvalue weighted by Crippen LogP contribution is 2.53. The molecule has 3 atom stereocenters. The van der Waals surface area contributed by atoms with Crippen LogP contribution in [0, 0.1) is 21.4 Å². The van der Waals surface area contributed by atoms with Crippen LogP contribution in [-0.4, -0.2) is 60.6 Å². The molecule has 11 nitrogen and oxygen atoms in total. The highest BCUT2D eigenvalue weighted by molar-refractivity contribution is 7.98. The first-order chi connectivity index (χ1) is 20.4. The maximum atomic E-state index is 11.9. The van der Waals surface area contributed by atoms with Crippen molar-refractivity contribution in [3.8, 4) is 17.6 Å². The van der Waals surface area contributed by atoms with Crippen molar-refractivity contribution >= 4 is 28.5 Å². The van der Waals surface area contributed by atoms with E-state index in [2.05, 4.69) is 30.1 Å². The molecular formula is C30H32N8O3S. The van der Waals surface area contributed by atoms with Crippen LogP contribution in [0.1, 0.15) is 79.5 Å². The van der Waals surface area contributed by atoms with Crippen LogP contribution in [0.15, 0.2) is 27.9 Å². The van der Waals surface area contributed by atoms with Gasteiger partial charge < -0.3 is 9.42 Å². The first kappa shape index (κ1) is 27.0. The summed E-state index contributed by atoms with van der Waals surface area (Å²) in [5.41, 5.74) is 3.39. The van der Waals surface area contributed by atoms with E-state index in [4.69, 9.17) is 19.6 Å². The van der Waals surface area contributed by atoms with Crippen molar-refractivity contribution in [2.75, 3.05) is 19.8 Å². The van der Waals surface area contributed by atoms with Gasteiger partial charge in [0, 0.05) is 17.7 Å². The molecular weight excluding hydrogens is 552 g/mol. The summed E-state index contributed by atoms with van der Waals surface area (Å²) in [6.07, 6.45) is 10.9. The molecule has 1 aliphatic heterocycles. The molecule has 42 heavy (non-hydrogen) atoms. The van der Waals surface area contributed by atoms with E-state index in [9.17, 15) is 15.4 Å². The number of benzene rings is 1. The second-order valence-electron chi connectivity index (χ2n) is 11.8. The number of hydrogen-bond donors (Lipinski definition) is 0. The van der Waals surface area contributed by atoms with Crippen LogP contribution in [-0.2, 0) is 18.3 Å². The molecule has 1 unspecified atom stereocenters. The summed E-state index contributed by atoms with van der Waals surface area (Å²) in [6, 6.07) is 5.98. The minimum atomic E-state index is -0.640. The largest absolute Gasteiger partial charge is 0.359 e. The van der Waals surface area contributed by atoms with Gasteiger partial charge in [-0.05, 0) is 89.3 Å². The molecule has 12 heteroatoms. The number of aromatic nitrogens is 5. The van der Waals surface area contributed by atoms with E-state index >= 15 is 0 Å². The summed E-state index contributed by atoms with van der Waals surface area (Å²) >= 11 is 1.55. The number of likely N-dealkylation sites (N-methyl/N-ethyl adjacent to an activating group) is 1. The van der Waals surface area contributed by atoms with Gasteiger partial charge in [0.25, 0.3) is 5.69 Å². The predicted molar refractivity (Wildman–Crippen MR) is 157 cm³/mol. The summed E-state index contributed by atoms with van der Waals surface area (Å²) < 4.78 is 8.21. The highest BCUT2D eigenvalue weighted by Gasteiger charge is 2.48. The number of nitrogens with zero attached hydrogens (tertiary/aromatic N) is 8. The van der Waals surface area contributed by atoms with E-state index < -0.39 is 10.3 Å². The fraction of sp³-hybridized carbons (Fsp3) is 0.500. The van der Waals surface area contributed by atoms with Crippen LogP contribution in [0.2, 0.25) is 0 Å². The van der Waals surface area contributed by atoms with E-state index in [-0.39, 0.29) is 17.3 Å². The Morgan fingerprint density at radius 1 is 1.24 bits per heavy atom. The van der Waals surface area contributed by atoms with Crippen LogP contribution in [0.3, 0.4) is 0 Å². The molecule has 1 fully saturated rings. The molecule has 0 N–H and O–H groups in total. The smallest absolute Gasteiger partial charge is 0.287 e. The maximum absolute atomic E-state index is 11.9. The zero-order valence-electron chi connectivity index (χ0n) is 24.0. The summed E-state index contributed by atoms with van der Waals surface area (Å²) in [4.78, 5) is 23.8. The SMILES string of the molecule is CSc1nc(-c2noc3c2CCCC32CCCc3ccc([N+](=O)[O-])c(C#N)c32)nc2c1cnn2[C@@H](C)[C@@H]1CCCN1C. The van der Waals surface area contributed by atoms with Crippen LogP contribution in [0.5, 0.6) is 0 Å². The second-order valence-corrected chi connectivity index (χ2v) is 12.6. The van der Waals surface area contributed by atoms with Gasteiger partial charge in [-0.15, -0.1) is 11.8 Å². The van der Waals surface area contributed by atoms with Crippen LogP contribution in [0.25, 0.3) is 22.6 Å². The monoisotopic (exact) mass is 584 g/mol. The third-order valence-electron chi connectivity index (χ3n) is 9.70. The lowest BCUT2D eigenvalue weighted by atomic mass is 9.61. The molecule has 216 valence electrons. The average Bonchev–Trinajstić information content (AvgIpc) is 3.74. The van der Waals surface area contributed by atoms with Crippen molar-refractivity contribution in [3.05, 3.63) is 56.5 Å². The van der Waals surface area contributed by atoms with Gasteiger partial charge in [-0.2, -0.15) is 10.4 Å². The second kappa shape index (κ2) is 10.2. The number of nitro groups is 1. The van der Waals surface area contributed by atoms with Gasteiger partial charge in [0.15, 0.2) is 22.9 Å². The molecule has 3 aliphatic rings. The zero-order valence-corrected chi connectivity index (χ0v) is 24.8. The van der Waals surface area contributed by atoms with E-state index in [1.54, 1.807) is 11.8 Å². The number of thioether (sulfide) groups is 1. The summed E-state index contributed by atoms with van der Waals surface area (Å²) in [7, 11) is 2.17. The van der Waals surface area contributed by atoms with E-state index in [1.165, 1.54) is 12.5 Å². The Labute approximate surface area is 247 Å². The molecule has 0 radical (unpaired) electrons. The number of aryl methyl sites for hydroxylation is 1. The predicted octanol–water partition coefficient (Wildman–Crippen LogP) is 5.60. The Morgan fingerprint density at radius 3 is 2.76 bits per heavy atom. The first-order valence-corrected chi connectivity index (χ1v) is 15.8. The normalized spacial score (nSPS) is 22.7. The standard InChI is InChI=1S/C30H32N8O3S/c1-17(22-9-6-14-36(22)2)37-28-21(16-32-37)29(42-3)34-27(33-28)25-19-8-5-13-30(26(19)41-35-25)12-4-7-18-10-11-23(38(39)40)20(15-31)24(18)30/h10-11,16-17,22H,4-9,12-14H2,1-3H3/t17-,22-,30?/m0/s1. The van der Waals surface area contributed by atoms with E-state index in [0.29, 0.717) is 23.3 Å². The maximum Gasteiger partial charge on any atom is 0.287 e. The topological polar surface area (TPSA) is 140 Å². The molecule has 0 saturated carbocycles. The van der Waals surface area contributed by atoms with Gasteiger partial charge in [-0.25, -0.2) is 14.6 Å². The summed E-state index contributed by atoms with van der Waals surface area (Å²) in [5, 5.41) is 33.1. The molecule has 4 heterocycles. The number of fused-ring (bicyclic) bond motifs is 5. The average molecular weight is 585 g/mol. The van der Waals surface area contributed by atoms with Gasteiger partial charge >= 0.3 is 0 Å². The lowest BCUT2D eigenvalue weighted by Crippen LogP contribution is -2.36. The molecule has 1 aromatic carbocycles. The molecule has 7 rings (SSSR count). The highest BCUT2D eigenvalue weighted by atomic mass is 32.2. The number of nitro benzene ring substituents is 1. The summed E-state index contributed by atoms with van der Waals surface area (Å²) in [6.45, 7) is 3.28. The lowest BCUT2D eigenvalue weighted by molar-refractivity contribution is -0.385. The Bertz CT molecular complexity index is 1770. The molecule has 0 bridgehead atoms. The van der Waals surface area contributed by atoms with Crippen molar-refractivity contribution in [3.63, 3.8) is 0 Å². The molecule has 3 aromatic heterocycles. The van der Waals surface area contributed by atoms with Crippen molar-refractivity contribution in [1.29, 1.82) is 5.26 Å². The van der Waals surface area contributed by atoms with E-state index in [1.807, 2.05) is 23.2 Å². The Kier molecular flexibility index (Phi) is 6.55. The van der Waals surface area contributed by atoms with E-state index in [0.717, 1.165) is 84.2 Å². The van der Waals surface area contributed by atoms with Crippen LogP contribution < -0.4 is 0 Å². The Hall–Kier alpha value is -3.82. The Morgan fingerprint density at radius 2 is 2.05 bits per heavy atom. The quantitative estimate of drug-likeness (QED) is 0.126. The molecule has 1 spiro atoms. The van der Waals surface area contributed by atoms with Crippen molar-refractivity contribution < 1.29 is 9.45 Å². The van der Waals surface area contributed by atoms with Crippen LogP contribution >= 0.6 is 11.8 Å². The van der Waals surface area contributed by atoms with Crippen LogP contribution in [0.4, 0.5) is 5.69 Å². The minimum Gasteiger partial charge on any atom is -0.359 e. The third-order valence-corrected chi connectivity index (χ3v) is 10.4. The molecule has 0 amide bonds. The van der Waals surface area contributed by atoms with Gasteiger partial charge in [0.05, 0.1) is 28.0 Å². The fourth-order valence-electron chi connectivity index (χ4n) is 7.78. The number of likely N-dealkylation sites (tertiary alicyclic amines) is 1. The lowest BCUT2D eigenvalue weighted by Gasteiger charge is -2.40. The first-order valence-electron chi connectivity index (χ1n) is 14.6. The van der Waals surface area contributed by atoms with Gasteiger partial charge in [-0.1, -0.05) is 11.2 Å². The molecule has 1 saturated heterocycles.